The normalized spacial score (nSPS) is 20.6. The maximum absolute atomic E-state index is 6.10. The zero-order valence-corrected chi connectivity index (χ0v) is 11.4. The van der Waals surface area contributed by atoms with Crippen LogP contribution >= 0.6 is 11.6 Å². The Labute approximate surface area is 121 Å². The zero-order chi connectivity index (χ0) is 13.9. The van der Waals surface area contributed by atoms with Crippen molar-refractivity contribution in [3.8, 4) is 0 Å². The fourth-order valence-electron chi connectivity index (χ4n) is 1.83. The van der Waals surface area contributed by atoms with E-state index in [0.717, 1.165) is 23.5 Å². The number of nitrogens with two attached hydrogens (primary N) is 1. The molecule has 100 valence electrons. The molecule has 5 nitrogen and oxygen atoms in total. The van der Waals surface area contributed by atoms with Crippen LogP contribution in [-0.2, 0) is 0 Å². The molecule has 0 amide bonds. The first-order chi connectivity index (χ1) is 9.75. The minimum atomic E-state index is -0.0212. The molecule has 2 aromatic heterocycles. The van der Waals surface area contributed by atoms with Crippen LogP contribution in [0.2, 0.25) is 0 Å². The average molecular weight is 287 g/mol. The summed E-state index contributed by atoms with van der Waals surface area (Å²) >= 11 is 6.10. The van der Waals surface area contributed by atoms with Crippen molar-refractivity contribution in [3.63, 3.8) is 0 Å². The van der Waals surface area contributed by atoms with Crippen LogP contribution in [0.1, 0.15) is 11.1 Å². The van der Waals surface area contributed by atoms with Crippen molar-refractivity contribution >= 4 is 23.3 Å². The standard InChI is InChI=1S/C14H12ClN5/c15-12-9-20(12)14(11-3-7-18-8-4-11)19-13(16)10-1-5-17-6-2-10/h1-8,12,16H,9H2/p+1. The zero-order valence-electron chi connectivity index (χ0n) is 10.6. The molecule has 1 aliphatic rings. The van der Waals surface area contributed by atoms with E-state index >= 15 is 0 Å². The Morgan fingerprint density at radius 1 is 1.10 bits per heavy atom. The Kier molecular flexibility index (Phi) is 3.43. The summed E-state index contributed by atoms with van der Waals surface area (Å²) in [5.41, 5.74) is 7.82. The molecule has 3 rings (SSSR count). The highest BCUT2D eigenvalue weighted by Gasteiger charge is 2.38. The van der Waals surface area contributed by atoms with E-state index in [-0.39, 0.29) is 5.50 Å². The van der Waals surface area contributed by atoms with Crippen LogP contribution in [0.15, 0.2) is 54.0 Å². The van der Waals surface area contributed by atoms with Gasteiger partial charge in [-0.25, -0.2) is 4.58 Å². The van der Waals surface area contributed by atoms with Crippen LogP contribution in [-0.4, -0.2) is 38.3 Å². The van der Waals surface area contributed by atoms with Gasteiger partial charge in [0, 0.05) is 30.4 Å². The quantitative estimate of drug-likeness (QED) is 0.225. The smallest absolute Gasteiger partial charge is 0.329 e. The molecule has 0 aliphatic carbocycles. The molecule has 1 atom stereocenters. The van der Waals surface area contributed by atoms with Crippen LogP contribution in [0.3, 0.4) is 0 Å². The van der Waals surface area contributed by atoms with E-state index in [2.05, 4.69) is 15.0 Å². The monoisotopic (exact) mass is 286 g/mol. The fourth-order valence-corrected chi connectivity index (χ4v) is 2.07. The number of alkyl halides is 1. The number of aromatic nitrogens is 2. The molecule has 2 N–H and O–H groups in total. The Bertz CT molecular complexity index is 666. The summed E-state index contributed by atoms with van der Waals surface area (Å²) in [6.45, 7) is 0.770. The van der Waals surface area contributed by atoms with Crippen molar-refractivity contribution in [2.24, 2.45) is 10.7 Å². The van der Waals surface area contributed by atoms with Crippen LogP contribution in [0.25, 0.3) is 0 Å². The first kappa shape index (κ1) is 12.7. The summed E-state index contributed by atoms with van der Waals surface area (Å²) < 4.78 is 1.98. The second-order valence-electron chi connectivity index (χ2n) is 4.38. The van der Waals surface area contributed by atoms with Gasteiger partial charge in [-0.1, -0.05) is 11.6 Å². The largest absolute Gasteiger partial charge is 0.362 e. The number of amidine groups is 2. The van der Waals surface area contributed by atoms with E-state index in [9.17, 15) is 0 Å². The van der Waals surface area contributed by atoms with Gasteiger partial charge in [0.25, 0.3) is 0 Å². The van der Waals surface area contributed by atoms with Gasteiger partial charge in [0.1, 0.15) is 6.54 Å². The summed E-state index contributed by atoms with van der Waals surface area (Å²) in [6.07, 6.45) is 6.82. The van der Waals surface area contributed by atoms with Gasteiger partial charge in [-0.2, -0.15) is 0 Å². The molecule has 0 bridgehead atoms. The third-order valence-corrected chi connectivity index (χ3v) is 3.34. The summed E-state index contributed by atoms with van der Waals surface area (Å²) in [5, 5.41) is 0. The maximum Gasteiger partial charge on any atom is 0.329 e. The number of rotatable bonds is 2. The van der Waals surface area contributed by atoms with E-state index in [1.807, 2.05) is 28.8 Å². The van der Waals surface area contributed by atoms with E-state index in [1.54, 1.807) is 24.8 Å². The van der Waals surface area contributed by atoms with Crippen molar-refractivity contribution in [1.29, 1.82) is 0 Å². The Morgan fingerprint density at radius 3 is 2.10 bits per heavy atom. The van der Waals surface area contributed by atoms with E-state index in [1.165, 1.54) is 0 Å². The molecule has 0 aromatic carbocycles. The Morgan fingerprint density at radius 2 is 1.60 bits per heavy atom. The molecule has 1 fully saturated rings. The SMILES string of the molecule is NC(=NC(c1ccncc1)=[N+]1CC1Cl)c1ccncc1. The molecule has 1 unspecified atom stereocenters. The molecule has 0 radical (unpaired) electrons. The molecule has 1 saturated heterocycles. The number of halogens is 1. The van der Waals surface area contributed by atoms with Gasteiger partial charge in [-0.15, -0.1) is 0 Å². The highest BCUT2D eigenvalue weighted by Crippen LogP contribution is 2.18. The minimum Gasteiger partial charge on any atom is -0.362 e. The second kappa shape index (κ2) is 5.38. The summed E-state index contributed by atoms with van der Waals surface area (Å²) in [5.74, 6) is 1.21. The van der Waals surface area contributed by atoms with Crippen LogP contribution in [0.4, 0.5) is 0 Å². The van der Waals surface area contributed by atoms with E-state index in [4.69, 9.17) is 17.3 Å². The molecular weight excluding hydrogens is 274 g/mol. The maximum atomic E-state index is 6.10. The lowest BCUT2D eigenvalue weighted by molar-refractivity contribution is -0.346. The van der Waals surface area contributed by atoms with E-state index < -0.39 is 0 Å². The highest BCUT2D eigenvalue weighted by atomic mass is 35.5. The third-order valence-electron chi connectivity index (χ3n) is 2.96. The first-order valence-corrected chi connectivity index (χ1v) is 6.62. The molecule has 0 spiro atoms. The van der Waals surface area contributed by atoms with Gasteiger partial charge in [0.05, 0.1) is 5.56 Å². The summed E-state index contributed by atoms with van der Waals surface area (Å²) in [6, 6.07) is 7.42. The van der Waals surface area contributed by atoms with Crippen molar-refractivity contribution in [2.75, 3.05) is 6.54 Å². The van der Waals surface area contributed by atoms with Gasteiger partial charge in [0.15, 0.2) is 0 Å². The molecular formula is C14H13ClN5+. The highest BCUT2D eigenvalue weighted by molar-refractivity contribution is 6.21. The molecule has 1 aliphatic heterocycles. The van der Waals surface area contributed by atoms with Crippen molar-refractivity contribution in [2.45, 2.75) is 5.50 Å². The number of hydrogen-bond acceptors (Lipinski definition) is 2. The van der Waals surface area contributed by atoms with E-state index in [0.29, 0.717) is 5.84 Å². The van der Waals surface area contributed by atoms with Gasteiger partial charge in [0.2, 0.25) is 11.3 Å². The van der Waals surface area contributed by atoms with Crippen LogP contribution < -0.4 is 5.73 Å². The second-order valence-corrected chi connectivity index (χ2v) is 4.88. The predicted octanol–water partition coefficient (Wildman–Crippen LogP) is 1.22. The molecule has 20 heavy (non-hydrogen) atoms. The first-order valence-electron chi connectivity index (χ1n) is 6.18. The molecule has 3 heterocycles. The Balaban J connectivity index is 2.01. The summed E-state index contributed by atoms with van der Waals surface area (Å²) in [7, 11) is 0. The lowest BCUT2D eigenvalue weighted by atomic mass is 10.2. The van der Waals surface area contributed by atoms with Gasteiger partial charge in [-0.3, -0.25) is 9.97 Å². The summed E-state index contributed by atoms with van der Waals surface area (Å²) in [4.78, 5) is 12.5. The topological polar surface area (TPSA) is 67.2 Å². The van der Waals surface area contributed by atoms with Crippen molar-refractivity contribution < 1.29 is 4.58 Å². The predicted molar refractivity (Wildman–Crippen MR) is 78.1 cm³/mol. The number of nitrogens with zero attached hydrogens (tertiary/aromatic N) is 4. The lowest BCUT2D eigenvalue weighted by Gasteiger charge is -1.96. The van der Waals surface area contributed by atoms with Gasteiger partial charge >= 0.3 is 5.84 Å². The van der Waals surface area contributed by atoms with Crippen molar-refractivity contribution in [3.05, 3.63) is 60.2 Å². The van der Waals surface area contributed by atoms with Crippen LogP contribution in [0.5, 0.6) is 0 Å². The van der Waals surface area contributed by atoms with Crippen molar-refractivity contribution in [1.82, 2.24) is 9.97 Å². The fraction of sp³-hybridized carbons (Fsp3) is 0.143. The minimum absolute atomic E-state index is 0.0212. The molecule has 6 heteroatoms. The van der Waals surface area contributed by atoms with Crippen LogP contribution in [0, 0.1) is 0 Å². The number of aliphatic imine (C=N–C) groups is 1. The van der Waals surface area contributed by atoms with Gasteiger partial charge in [-0.05, 0) is 29.3 Å². The number of hydrogen-bond donors (Lipinski definition) is 1. The third kappa shape index (κ3) is 2.67. The lowest BCUT2D eigenvalue weighted by Crippen LogP contribution is -2.18. The Hall–Kier alpha value is -2.27. The molecule has 0 saturated carbocycles. The number of pyridine rings is 2. The van der Waals surface area contributed by atoms with Gasteiger partial charge < -0.3 is 5.73 Å². The molecule has 2 aromatic rings. The average Bonchev–Trinajstić information content (AvgIpc) is 3.23.